The van der Waals surface area contributed by atoms with Crippen molar-refractivity contribution in [3.05, 3.63) is 156 Å². The zero-order valence-electron chi connectivity index (χ0n) is 29.7. The SMILES string of the molecule is C=C1NC(=O)C(C)=CN1CC(=O)N[C@H](COC(c1ccccc1)(c1ccc(OC)cc1)c1ccc(OC)cc1)[C@@H](C)OC(=O)OCc1ccccc1. The van der Waals surface area contributed by atoms with Crippen LogP contribution in [0, 0.1) is 0 Å². The molecule has 0 aromatic heterocycles. The summed E-state index contributed by atoms with van der Waals surface area (Å²) in [5.41, 5.74) is 2.39. The average Bonchev–Trinajstić information content (AvgIpc) is 3.17. The van der Waals surface area contributed by atoms with Gasteiger partial charge >= 0.3 is 6.16 Å². The van der Waals surface area contributed by atoms with Crippen molar-refractivity contribution in [1.82, 2.24) is 15.5 Å². The second-order valence-corrected chi connectivity index (χ2v) is 12.2. The largest absolute Gasteiger partial charge is 0.508 e. The monoisotopic (exact) mass is 705 g/mol. The average molecular weight is 706 g/mol. The number of methoxy groups -OCH3 is 2. The van der Waals surface area contributed by atoms with E-state index in [1.165, 1.54) is 4.90 Å². The molecule has 2 N–H and O–H groups in total. The molecule has 52 heavy (non-hydrogen) atoms. The maximum atomic E-state index is 13.6. The molecule has 1 aliphatic rings. The smallest absolute Gasteiger partial charge is 0.497 e. The molecule has 11 heteroatoms. The molecule has 0 saturated carbocycles. The Bertz CT molecular complexity index is 1810. The zero-order valence-corrected chi connectivity index (χ0v) is 29.7. The molecule has 1 aliphatic heterocycles. The van der Waals surface area contributed by atoms with Crippen LogP contribution in [-0.4, -0.2) is 62.4 Å². The molecule has 2 atom stereocenters. The molecule has 2 amide bonds. The molecule has 270 valence electrons. The molecule has 0 bridgehead atoms. The van der Waals surface area contributed by atoms with Gasteiger partial charge in [0.2, 0.25) is 5.91 Å². The van der Waals surface area contributed by atoms with Crippen LogP contribution in [0.15, 0.2) is 133 Å². The molecule has 11 nitrogen and oxygen atoms in total. The molecule has 0 spiro atoms. The van der Waals surface area contributed by atoms with E-state index in [-0.39, 0.29) is 31.5 Å². The predicted molar refractivity (Wildman–Crippen MR) is 195 cm³/mol. The lowest BCUT2D eigenvalue weighted by Crippen LogP contribution is -2.51. The first kappa shape index (κ1) is 37.2. The second-order valence-electron chi connectivity index (χ2n) is 12.2. The molecular weight excluding hydrogens is 662 g/mol. The number of ether oxygens (including phenoxy) is 5. The summed E-state index contributed by atoms with van der Waals surface area (Å²) < 4.78 is 29.1. The van der Waals surface area contributed by atoms with Crippen molar-refractivity contribution < 1.29 is 38.1 Å². The summed E-state index contributed by atoms with van der Waals surface area (Å²) in [4.78, 5) is 40.2. The highest BCUT2D eigenvalue weighted by atomic mass is 16.7. The summed E-state index contributed by atoms with van der Waals surface area (Å²) in [6, 6.07) is 33.2. The van der Waals surface area contributed by atoms with Crippen LogP contribution >= 0.6 is 0 Å². The van der Waals surface area contributed by atoms with E-state index < -0.39 is 29.8 Å². The fraction of sp³-hybridized carbons (Fsp3) is 0.244. The highest BCUT2D eigenvalue weighted by Gasteiger charge is 2.40. The Kier molecular flexibility index (Phi) is 12.3. The standard InChI is InChI=1S/C41H43N3O8/c1-28-24-44(30(3)42-39(28)46)25-38(45)43-37(29(2)52-40(47)50-26-31-12-8-6-9-13-31)27-51-41(32-14-10-7-11-15-32,33-16-20-35(48-4)21-17-33)34-18-22-36(49-5)23-19-34/h6-24,29,37H,3,25-27H2,1-2,4-5H3,(H,42,46)(H,43,45)/t29-,37-/m1/s1. The Hall–Kier alpha value is -6.07. The van der Waals surface area contributed by atoms with Gasteiger partial charge in [0.1, 0.15) is 42.2 Å². The number of carbonyl (C=O) groups is 3. The Morgan fingerprint density at radius 3 is 1.92 bits per heavy atom. The van der Waals surface area contributed by atoms with Gasteiger partial charge in [-0.05, 0) is 60.4 Å². The summed E-state index contributed by atoms with van der Waals surface area (Å²) >= 11 is 0. The first-order valence-electron chi connectivity index (χ1n) is 16.7. The molecule has 0 fully saturated rings. The highest BCUT2D eigenvalue weighted by Crippen LogP contribution is 2.42. The first-order valence-corrected chi connectivity index (χ1v) is 16.7. The summed E-state index contributed by atoms with van der Waals surface area (Å²) in [6.07, 6.45) is -0.254. The van der Waals surface area contributed by atoms with Crippen molar-refractivity contribution in [3.63, 3.8) is 0 Å². The molecule has 0 unspecified atom stereocenters. The minimum absolute atomic E-state index is 0.0143. The quantitative estimate of drug-likeness (QED) is 0.112. The van der Waals surface area contributed by atoms with Gasteiger partial charge in [-0.15, -0.1) is 0 Å². The van der Waals surface area contributed by atoms with Gasteiger partial charge in [-0.1, -0.05) is 91.5 Å². The van der Waals surface area contributed by atoms with Crippen LogP contribution in [0.1, 0.15) is 36.1 Å². The number of hydrogen-bond donors (Lipinski definition) is 2. The molecular formula is C41H43N3O8. The fourth-order valence-electron chi connectivity index (χ4n) is 5.79. The van der Waals surface area contributed by atoms with Crippen molar-refractivity contribution in [3.8, 4) is 11.5 Å². The van der Waals surface area contributed by atoms with Gasteiger partial charge < -0.3 is 39.2 Å². The van der Waals surface area contributed by atoms with Crippen LogP contribution < -0.4 is 20.1 Å². The molecule has 0 radical (unpaired) electrons. The fourth-order valence-corrected chi connectivity index (χ4v) is 5.79. The number of rotatable bonds is 15. The topological polar surface area (TPSA) is 125 Å². The highest BCUT2D eigenvalue weighted by molar-refractivity contribution is 5.95. The third-order valence-corrected chi connectivity index (χ3v) is 8.67. The van der Waals surface area contributed by atoms with Gasteiger partial charge in [0.05, 0.1) is 26.9 Å². The third-order valence-electron chi connectivity index (χ3n) is 8.67. The van der Waals surface area contributed by atoms with E-state index in [1.807, 2.05) is 109 Å². The van der Waals surface area contributed by atoms with Crippen LogP contribution in [0.5, 0.6) is 11.5 Å². The van der Waals surface area contributed by atoms with Crippen molar-refractivity contribution >= 4 is 18.0 Å². The normalized spacial score (nSPS) is 14.0. The van der Waals surface area contributed by atoms with E-state index in [2.05, 4.69) is 17.2 Å². The van der Waals surface area contributed by atoms with Gasteiger partial charge in [-0.25, -0.2) is 4.79 Å². The van der Waals surface area contributed by atoms with Crippen molar-refractivity contribution in [2.24, 2.45) is 0 Å². The van der Waals surface area contributed by atoms with Crippen molar-refractivity contribution in [1.29, 1.82) is 0 Å². The maximum absolute atomic E-state index is 13.6. The third kappa shape index (κ3) is 8.98. The minimum atomic E-state index is -1.21. The summed E-state index contributed by atoms with van der Waals surface area (Å²) in [7, 11) is 3.20. The van der Waals surface area contributed by atoms with E-state index in [1.54, 1.807) is 34.3 Å². The number of nitrogens with zero attached hydrogens (tertiary/aromatic N) is 1. The molecule has 0 saturated heterocycles. The second kappa shape index (κ2) is 17.2. The van der Waals surface area contributed by atoms with Crippen LogP contribution in [0.4, 0.5) is 4.79 Å². The molecule has 4 aromatic carbocycles. The Morgan fingerprint density at radius 1 is 0.827 bits per heavy atom. The van der Waals surface area contributed by atoms with Gasteiger partial charge in [-0.2, -0.15) is 0 Å². The van der Waals surface area contributed by atoms with Crippen LogP contribution in [0.3, 0.4) is 0 Å². The lowest BCUT2D eigenvalue weighted by Gasteiger charge is -2.38. The Morgan fingerprint density at radius 2 is 1.37 bits per heavy atom. The summed E-state index contributed by atoms with van der Waals surface area (Å²) in [5.74, 6) is 0.873. The summed E-state index contributed by atoms with van der Waals surface area (Å²) in [5, 5.41) is 5.64. The number of hydrogen-bond acceptors (Lipinski definition) is 9. The lowest BCUT2D eigenvalue weighted by atomic mass is 9.80. The van der Waals surface area contributed by atoms with Gasteiger partial charge in [-0.3, -0.25) is 9.59 Å². The van der Waals surface area contributed by atoms with Gasteiger partial charge in [0.15, 0.2) is 0 Å². The van der Waals surface area contributed by atoms with Crippen LogP contribution in [0.2, 0.25) is 0 Å². The van der Waals surface area contributed by atoms with Crippen LogP contribution in [-0.2, 0) is 36.0 Å². The minimum Gasteiger partial charge on any atom is -0.497 e. The van der Waals surface area contributed by atoms with Crippen molar-refractivity contribution in [2.75, 3.05) is 27.4 Å². The summed E-state index contributed by atoms with van der Waals surface area (Å²) in [6.45, 7) is 6.90. The molecule has 5 rings (SSSR count). The molecule has 4 aromatic rings. The van der Waals surface area contributed by atoms with Gasteiger partial charge in [0.25, 0.3) is 5.91 Å². The van der Waals surface area contributed by atoms with E-state index in [9.17, 15) is 14.4 Å². The number of benzene rings is 4. The predicted octanol–water partition coefficient (Wildman–Crippen LogP) is 6.05. The Labute approximate surface area is 303 Å². The Balaban J connectivity index is 1.48. The zero-order chi connectivity index (χ0) is 37.1. The number of carbonyl (C=O) groups excluding carboxylic acids is 3. The van der Waals surface area contributed by atoms with Crippen LogP contribution in [0.25, 0.3) is 0 Å². The first-order chi connectivity index (χ1) is 25.1. The lowest BCUT2D eigenvalue weighted by molar-refractivity contribution is -0.125. The number of amides is 2. The van der Waals surface area contributed by atoms with E-state index >= 15 is 0 Å². The maximum Gasteiger partial charge on any atom is 0.508 e. The van der Waals surface area contributed by atoms with E-state index in [0.717, 1.165) is 22.3 Å². The van der Waals surface area contributed by atoms with Crippen molar-refractivity contribution in [2.45, 2.75) is 38.2 Å². The van der Waals surface area contributed by atoms with E-state index in [0.29, 0.717) is 17.1 Å². The number of nitrogens with one attached hydrogen (secondary N) is 2. The molecule has 0 aliphatic carbocycles. The van der Waals surface area contributed by atoms with E-state index in [4.69, 9.17) is 23.7 Å². The van der Waals surface area contributed by atoms with Gasteiger partial charge in [0, 0.05) is 11.8 Å². The molecule has 1 heterocycles.